The van der Waals surface area contributed by atoms with Crippen LogP contribution in [0.4, 0.5) is 0 Å². The number of amides is 2. The summed E-state index contributed by atoms with van der Waals surface area (Å²) in [5.74, 6) is -1.14. The molecule has 608 valence electrons. The number of aliphatic hydroxyl groups is 16. The van der Waals surface area contributed by atoms with Crippen molar-refractivity contribution in [1.82, 2.24) is 10.6 Å². The minimum absolute atomic E-state index is 0.188. The molecule has 0 aromatic heterocycles. The number of unbranched alkanes of at least 4 members (excludes halogenated alkanes) is 28. The fraction of sp³-hybridized carbons (Fsp3) is 0.919. The summed E-state index contributed by atoms with van der Waals surface area (Å²) in [6, 6.07) is -2.78. The quantitative estimate of drug-likeness (QED) is 0.0304. The third-order valence-corrected chi connectivity index (χ3v) is 20.4. The first-order chi connectivity index (χ1) is 50.2. The summed E-state index contributed by atoms with van der Waals surface area (Å²) < 4.78 is 58.4. The Morgan fingerprint density at radius 2 is 0.721 bits per heavy atom. The van der Waals surface area contributed by atoms with E-state index >= 15 is 0 Å². The highest BCUT2D eigenvalue weighted by molar-refractivity contribution is 5.76. The van der Waals surface area contributed by atoms with E-state index < -0.39 is 211 Å². The van der Waals surface area contributed by atoms with Crippen LogP contribution in [0.15, 0.2) is 24.3 Å². The van der Waals surface area contributed by atoms with Crippen molar-refractivity contribution in [3.63, 3.8) is 0 Å². The van der Waals surface area contributed by atoms with Gasteiger partial charge >= 0.3 is 0 Å². The zero-order valence-corrected chi connectivity index (χ0v) is 61.8. The first kappa shape index (κ1) is 92.0. The minimum Gasteiger partial charge on any atom is -0.394 e. The second kappa shape index (κ2) is 51.8. The van der Waals surface area contributed by atoms with Gasteiger partial charge in [0, 0.05) is 13.3 Å². The van der Waals surface area contributed by atoms with Crippen LogP contribution < -0.4 is 10.6 Å². The van der Waals surface area contributed by atoms with Crippen molar-refractivity contribution in [2.24, 2.45) is 0 Å². The number of aliphatic hydroxyl groups excluding tert-OH is 16. The second-order valence-corrected chi connectivity index (χ2v) is 28.9. The topological polar surface area (TPSA) is 474 Å². The van der Waals surface area contributed by atoms with Gasteiger partial charge in [-0.15, -0.1) is 0 Å². The number of hydrogen-bond donors (Lipinski definition) is 18. The van der Waals surface area contributed by atoms with E-state index in [2.05, 4.69) is 36.6 Å². The van der Waals surface area contributed by atoms with E-state index in [4.69, 9.17) is 47.4 Å². The van der Waals surface area contributed by atoms with E-state index in [9.17, 15) is 91.3 Å². The van der Waals surface area contributed by atoms with Gasteiger partial charge in [0.25, 0.3) is 0 Å². The molecule has 18 N–H and O–H groups in total. The van der Waals surface area contributed by atoms with Crippen LogP contribution in [0, 0.1) is 0 Å². The fourth-order valence-corrected chi connectivity index (χ4v) is 14.0. The van der Waals surface area contributed by atoms with Crippen LogP contribution in [0.5, 0.6) is 0 Å². The smallest absolute Gasteiger partial charge is 0.220 e. The maximum Gasteiger partial charge on any atom is 0.220 e. The number of rotatable bonds is 53. The molecular weight excluding hydrogens is 1360 g/mol. The van der Waals surface area contributed by atoms with Crippen molar-refractivity contribution in [3.05, 3.63) is 24.3 Å². The van der Waals surface area contributed by atoms with E-state index in [1.54, 1.807) is 6.08 Å². The molecule has 2 amide bonds. The Labute approximate surface area is 614 Å². The fourth-order valence-electron chi connectivity index (χ4n) is 14.0. The Bertz CT molecular complexity index is 2300. The summed E-state index contributed by atoms with van der Waals surface area (Å²) in [5, 5.41) is 181. The van der Waals surface area contributed by atoms with Crippen LogP contribution in [-0.2, 0) is 57.0 Å². The van der Waals surface area contributed by atoms with Crippen molar-refractivity contribution >= 4 is 11.8 Å². The van der Waals surface area contributed by atoms with Crippen LogP contribution in [0.1, 0.15) is 226 Å². The van der Waals surface area contributed by atoms with E-state index in [1.165, 1.54) is 128 Å². The van der Waals surface area contributed by atoms with E-state index in [0.717, 1.165) is 64.7 Å². The van der Waals surface area contributed by atoms with E-state index in [0.29, 0.717) is 12.8 Å². The third-order valence-electron chi connectivity index (χ3n) is 20.4. The van der Waals surface area contributed by atoms with Gasteiger partial charge in [-0.2, -0.15) is 0 Å². The number of ether oxygens (including phenoxy) is 10. The number of carbonyl (C=O) groups is 2. The third kappa shape index (κ3) is 30.2. The van der Waals surface area contributed by atoms with Crippen LogP contribution in [0.3, 0.4) is 0 Å². The molecule has 0 spiro atoms. The van der Waals surface area contributed by atoms with Gasteiger partial charge in [-0.05, 0) is 44.9 Å². The predicted octanol–water partition coefficient (Wildman–Crippen LogP) is 1.72. The van der Waals surface area contributed by atoms with Gasteiger partial charge in [-0.25, -0.2) is 0 Å². The summed E-state index contributed by atoms with van der Waals surface area (Å²) in [5.41, 5.74) is 0. The molecule has 0 radical (unpaired) electrons. The van der Waals surface area contributed by atoms with Gasteiger partial charge in [-0.3, -0.25) is 9.59 Å². The van der Waals surface area contributed by atoms with Crippen molar-refractivity contribution in [2.75, 3.05) is 39.6 Å². The number of carbonyl (C=O) groups excluding carboxylic acids is 2. The molecule has 30 heteroatoms. The largest absolute Gasteiger partial charge is 0.394 e. The Hall–Kier alpha value is -2.62. The maximum atomic E-state index is 13.5. The van der Waals surface area contributed by atoms with Gasteiger partial charge in [-0.1, -0.05) is 192 Å². The van der Waals surface area contributed by atoms with Gasteiger partial charge in [0.05, 0.1) is 51.8 Å². The average molecular weight is 1500 g/mol. The molecule has 0 aromatic rings. The molecule has 5 rings (SSSR count). The number of nitrogens with one attached hydrogen (secondary N) is 2. The molecule has 0 bridgehead atoms. The highest BCUT2D eigenvalue weighted by Crippen LogP contribution is 2.37. The highest BCUT2D eigenvalue weighted by atomic mass is 16.8. The molecule has 5 saturated heterocycles. The predicted molar refractivity (Wildman–Crippen MR) is 377 cm³/mol. The van der Waals surface area contributed by atoms with Crippen LogP contribution in [0.2, 0.25) is 0 Å². The molecule has 30 nitrogen and oxygen atoms in total. The van der Waals surface area contributed by atoms with Gasteiger partial charge < -0.3 is 140 Å². The molecule has 0 saturated carbocycles. The van der Waals surface area contributed by atoms with E-state index in [1.807, 2.05) is 6.08 Å². The standard InChI is InChI=1S/C74H134N2O28/c1-4-6-8-10-12-14-16-18-19-20-21-22-23-24-25-27-29-31-33-35-37-39-54(84)76-47(48(83)38-36-34-32-30-28-26-17-15-13-11-9-7-5-2)45-95-71-63(92)61(90)67(53(44-81)100-71)102-73-65(94)69(58(87)51(42-79)97-73)104-74-64(93)68(57(86)50(41-78)98-74)103-70-55(75-46(3)82)59(88)66(52(43-80)99-70)101-72-62(91)60(89)56(85)49(40-77)96-72/h18-19,36,38,47-53,55-74,77-81,83,85-94H,4-17,20-35,37,39-45H2,1-3H3,(H,75,82)(H,76,84)/b19-18-,38-36+/t47-,48+,49?,50?,51?,52?,53?,55?,56-,57-,58-,59+,60-,61+,62?,63?,64?,65?,66+,67+,68-,69-,70-,71+,72-,73-,74+/m0/s1. The lowest BCUT2D eigenvalue weighted by atomic mass is 9.94. The van der Waals surface area contributed by atoms with Gasteiger partial charge in [0.15, 0.2) is 31.5 Å². The lowest BCUT2D eigenvalue weighted by Gasteiger charge is -2.50. The van der Waals surface area contributed by atoms with Crippen molar-refractivity contribution in [3.8, 4) is 0 Å². The molecule has 5 aliphatic heterocycles. The molecule has 0 aromatic carbocycles. The molecule has 27 atom stereocenters. The lowest BCUT2D eigenvalue weighted by Crippen LogP contribution is -2.70. The molecule has 10 unspecified atom stereocenters. The normalized spacial score (nSPS) is 34.8. The van der Waals surface area contributed by atoms with Gasteiger partial charge in [0.1, 0.15) is 122 Å². The molecule has 5 aliphatic rings. The van der Waals surface area contributed by atoms with E-state index in [-0.39, 0.29) is 12.3 Å². The molecule has 0 aliphatic carbocycles. The Morgan fingerprint density at radius 3 is 1.15 bits per heavy atom. The highest BCUT2D eigenvalue weighted by Gasteiger charge is 2.57. The summed E-state index contributed by atoms with van der Waals surface area (Å²) in [6.07, 6.45) is -2.07. The monoisotopic (exact) mass is 1500 g/mol. The first-order valence-electron chi connectivity index (χ1n) is 39.1. The summed E-state index contributed by atoms with van der Waals surface area (Å²) in [4.78, 5) is 26.1. The maximum absolute atomic E-state index is 13.5. The molecule has 104 heavy (non-hydrogen) atoms. The van der Waals surface area contributed by atoms with Crippen LogP contribution in [0.25, 0.3) is 0 Å². The SMILES string of the molecule is CCCCCCCC/C=C\CCCCCCCCCCCCCC(=O)N[C@@H](CO[C@@H]1OC(CO)[C@@H](O[C@@H]2OC(CO)[C@H](O)[C@H](O[C@H]3OC(CO)[C@H](O)[C@H](O[C@@H]4OC(CO)[C@@H](O[C@@H]5OC(CO)[C@H](O)[C@H](O)C5O)[C@H](O)C4NC(C)=O)C3O)C2O)[C@H](O)C1O)[C@H](O)/C=C/CCCCCCCCCCCCC. The lowest BCUT2D eigenvalue weighted by molar-refractivity contribution is -0.390. The first-order valence-corrected chi connectivity index (χ1v) is 39.1. The second-order valence-electron chi connectivity index (χ2n) is 28.9. The zero-order chi connectivity index (χ0) is 75.9. The Kier molecular flexibility index (Phi) is 45.8. The number of hydrogen-bond acceptors (Lipinski definition) is 28. The molecular formula is C74H134N2O28. The Morgan fingerprint density at radius 1 is 0.375 bits per heavy atom. The average Bonchev–Trinajstić information content (AvgIpc) is 0.775. The number of allylic oxidation sites excluding steroid dienone is 3. The Balaban J connectivity index is 1.17. The molecule has 5 heterocycles. The van der Waals surface area contributed by atoms with Crippen LogP contribution in [-0.4, -0.2) is 299 Å². The summed E-state index contributed by atoms with van der Waals surface area (Å²) in [7, 11) is 0. The molecule has 5 fully saturated rings. The summed E-state index contributed by atoms with van der Waals surface area (Å²) in [6.45, 7) is 0.344. The van der Waals surface area contributed by atoms with Crippen molar-refractivity contribution < 1.29 is 139 Å². The van der Waals surface area contributed by atoms with Gasteiger partial charge in [0.2, 0.25) is 11.8 Å². The summed E-state index contributed by atoms with van der Waals surface area (Å²) >= 11 is 0. The van der Waals surface area contributed by atoms with Crippen molar-refractivity contribution in [1.29, 1.82) is 0 Å². The van der Waals surface area contributed by atoms with Crippen LogP contribution >= 0.6 is 0 Å². The van der Waals surface area contributed by atoms with Crippen molar-refractivity contribution in [2.45, 2.75) is 392 Å². The zero-order valence-electron chi connectivity index (χ0n) is 61.8. The minimum atomic E-state index is -2.21.